The largest absolute Gasteiger partial charge is 0.348 e. The second-order valence-electron chi connectivity index (χ2n) is 3.65. The maximum Gasteiger partial charge on any atom is 0.251 e. The summed E-state index contributed by atoms with van der Waals surface area (Å²) in [5.74, 6) is 1.80. The van der Waals surface area contributed by atoms with E-state index >= 15 is 0 Å². The summed E-state index contributed by atoms with van der Waals surface area (Å²) in [7, 11) is 0. The van der Waals surface area contributed by atoms with Gasteiger partial charge in [-0.1, -0.05) is 6.92 Å². The average Bonchev–Trinajstić information content (AvgIpc) is 2.31. The van der Waals surface area contributed by atoms with Crippen molar-refractivity contribution in [3.05, 3.63) is 29.6 Å². The molecule has 2 nitrogen and oxygen atoms in total. The highest BCUT2D eigenvalue weighted by Crippen LogP contribution is 2.14. The molecule has 1 rings (SSSR count). The lowest BCUT2D eigenvalue weighted by molar-refractivity contribution is 0.0936. The van der Waals surface area contributed by atoms with E-state index in [1.807, 2.05) is 6.92 Å². The van der Waals surface area contributed by atoms with Crippen molar-refractivity contribution < 1.29 is 9.18 Å². The van der Waals surface area contributed by atoms with E-state index in [9.17, 15) is 9.18 Å². The Labute approximate surface area is 106 Å². The van der Waals surface area contributed by atoms with Crippen LogP contribution < -0.4 is 5.32 Å². The van der Waals surface area contributed by atoms with Crippen LogP contribution in [0.3, 0.4) is 0 Å². The molecule has 1 aromatic carbocycles. The number of halogens is 1. The molecule has 1 aromatic rings. The predicted molar refractivity (Wildman–Crippen MR) is 68.6 cm³/mol. The van der Waals surface area contributed by atoms with Crippen molar-refractivity contribution in [3.63, 3.8) is 0 Å². The van der Waals surface area contributed by atoms with Crippen LogP contribution in [-0.4, -0.2) is 11.9 Å². The topological polar surface area (TPSA) is 29.1 Å². The summed E-state index contributed by atoms with van der Waals surface area (Å²) in [5, 5.41) is 2.79. The van der Waals surface area contributed by atoms with Crippen LogP contribution in [0.2, 0.25) is 0 Å². The molecule has 0 aliphatic carbocycles. The Morgan fingerprint density at radius 1 is 1.65 bits per heavy atom. The van der Waals surface area contributed by atoms with Crippen molar-refractivity contribution in [3.8, 4) is 12.3 Å². The molecule has 0 saturated heterocycles. The number of hydrogen-bond acceptors (Lipinski definition) is 2. The molecule has 1 N–H and O–H groups in total. The molecule has 0 radical (unpaired) electrons. The Kier molecular flexibility index (Phi) is 5.05. The number of nitrogens with one attached hydrogen (secondary N) is 1. The van der Waals surface area contributed by atoms with Crippen molar-refractivity contribution in [2.75, 3.05) is 0 Å². The Morgan fingerprint density at radius 2 is 2.35 bits per heavy atom. The number of carbonyl (C=O) groups excluding carboxylic acids is 1. The lowest BCUT2D eigenvalue weighted by Gasteiger charge is -2.14. The number of rotatable bonds is 4. The first-order valence-corrected chi connectivity index (χ1v) is 5.76. The van der Waals surface area contributed by atoms with Gasteiger partial charge in [0.1, 0.15) is 5.82 Å². The zero-order valence-corrected chi connectivity index (χ0v) is 10.4. The monoisotopic (exact) mass is 251 g/mol. The third-order valence-electron chi connectivity index (χ3n) is 2.40. The molecule has 90 valence electrons. The van der Waals surface area contributed by atoms with Gasteiger partial charge in [0.2, 0.25) is 0 Å². The smallest absolute Gasteiger partial charge is 0.251 e. The van der Waals surface area contributed by atoms with Crippen LogP contribution in [-0.2, 0) is 0 Å². The molecule has 0 fully saturated rings. The molecular formula is C13H14FNOS. The van der Waals surface area contributed by atoms with Gasteiger partial charge in [-0.3, -0.25) is 4.79 Å². The number of carbonyl (C=O) groups is 1. The van der Waals surface area contributed by atoms with E-state index in [4.69, 9.17) is 6.42 Å². The molecular weight excluding hydrogens is 237 g/mol. The normalized spacial score (nSPS) is 11.6. The summed E-state index contributed by atoms with van der Waals surface area (Å²) in [6, 6.07) is 3.99. The number of thiol groups is 1. The molecule has 1 amide bonds. The summed E-state index contributed by atoms with van der Waals surface area (Å²) >= 11 is 3.93. The minimum Gasteiger partial charge on any atom is -0.348 e. The molecule has 1 unspecified atom stereocenters. The van der Waals surface area contributed by atoms with E-state index in [0.29, 0.717) is 12.0 Å². The number of amides is 1. The number of hydrogen-bond donors (Lipinski definition) is 2. The fraction of sp³-hybridized carbons (Fsp3) is 0.308. The molecule has 4 heteroatoms. The van der Waals surface area contributed by atoms with E-state index in [1.165, 1.54) is 18.2 Å². The van der Waals surface area contributed by atoms with Crippen molar-refractivity contribution in [1.82, 2.24) is 5.32 Å². The molecule has 0 aromatic heterocycles. The van der Waals surface area contributed by atoms with E-state index in [0.717, 1.165) is 6.42 Å². The van der Waals surface area contributed by atoms with Gasteiger partial charge in [-0.25, -0.2) is 4.39 Å². The van der Waals surface area contributed by atoms with Crippen LogP contribution in [0.1, 0.15) is 30.1 Å². The zero-order valence-electron chi connectivity index (χ0n) is 9.53. The second-order valence-corrected chi connectivity index (χ2v) is 4.13. The van der Waals surface area contributed by atoms with Crippen molar-refractivity contribution >= 4 is 18.5 Å². The zero-order chi connectivity index (χ0) is 12.8. The van der Waals surface area contributed by atoms with Crippen molar-refractivity contribution in [1.29, 1.82) is 0 Å². The standard InChI is InChI=1S/C13H14FNOS/c1-3-5-10(4-2)15-13(16)9-6-7-11(14)12(17)8-9/h1,6-8,10,17H,4-5H2,2H3,(H,15,16). The lowest BCUT2D eigenvalue weighted by Crippen LogP contribution is -2.34. The first-order chi connectivity index (χ1) is 8.08. The van der Waals surface area contributed by atoms with Crippen LogP contribution in [0, 0.1) is 18.2 Å². The third-order valence-corrected chi connectivity index (χ3v) is 2.74. The van der Waals surface area contributed by atoms with E-state index < -0.39 is 5.82 Å². The van der Waals surface area contributed by atoms with E-state index in [2.05, 4.69) is 23.9 Å². The fourth-order valence-corrected chi connectivity index (χ4v) is 1.58. The summed E-state index contributed by atoms with van der Waals surface area (Å²) in [5.41, 5.74) is 0.381. The van der Waals surface area contributed by atoms with Gasteiger partial charge in [0.25, 0.3) is 5.91 Å². The van der Waals surface area contributed by atoms with Gasteiger partial charge in [0, 0.05) is 22.9 Å². The predicted octanol–water partition coefficient (Wildman–Crippen LogP) is 2.65. The van der Waals surface area contributed by atoms with Crippen molar-refractivity contribution in [2.24, 2.45) is 0 Å². The SMILES string of the molecule is C#CCC(CC)NC(=O)c1ccc(F)c(S)c1. The highest BCUT2D eigenvalue weighted by molar-refractivity contribution is 7.80. The highest BCUT2D eigenvalue weighted by atomic mass is 32.1. The Bertz CT molecular complexity index is 453. The minimum atomic E-state index is -0.444. The van der Waals surface area contributed by atoms with Gasteiger partial charge >= 0.3 is 0 Å². The third kappa shape index (κ3) is 3.79. The van der Waals surface area contributed by atoms with Crippen LogP contribution in [0.4, 0.5) is 4.39 Å². The van der Waals surface area contributed by atoms with Gasteiger partial charge in [-0.05, 0) is 24.6 Å². The molecule has 0 aliphatic heterocycles. The molecule has 17 heavy (non-hydrogen) atoms. The summed E-state index contributed by atoms with van der Waals surface area (Å²) in [6.07, 6.45) is 6.44. The van der Waals surface area contributed by atoms with Crippen LogP contribution in [0.5, 0.6) is 0 Å². The van der Waals surface area contributed by atoms with Gasteiger partial charge in [-0.15, -0.1) is 25.0 Å². The molecule has 0 heterocycles. The molecule has 0 spiro atoms. The molecule has 1 atom stereocenters. The Hall–Kier alpha value is -1.47. The second kappa shape index (κ2) is 6.31. The van der Waals surface area contributed by atoms with Gasteiger partial charge in [0.05, 0.1) is 0 Å². The fourth-order valence-electron chi connectivity index (χ4n) is 1.36. The van der Waals surface area contributed by atoms with E-state index in [1.54, 1.807) is 0 Å². The minimum absolute atomic E-state index is 0.0547. The quantitative estimate of drug-likeness (QED) is 0.625. The average molecular weight is 251 g/mol. The van der Waals surface area contributed by atoms with Crippen LogP contribution in [0.25, 0.3) is 0 Å². The Balaban J connectivity index is 2.76. The molecule has 0 saturated carbocycles. The van der Waals surface area contributed by atoms with Crippen LogP contribution in [0.15, 0.2) is 23.1 Å². The number of benzene rings is 1. The summed E-state index contributed by atoms with van der Waals surface area (Å²) < 4.78 is 13.0. The van der Waals surface area contributed by atoms with Gasteiger partial charge in [-0.2, -0.15) is 0 Å². The Morgan fingerprint density at radius 3 is 2.88 bits per heavy atom. The number of terminal acetylenes is 1. The van der Waals surface area contributed by atoms with Gasteiger partial charge < -0.3 is 5.32 Å². The van der Waals surface area contributed by atoms with Crippen LogP contribution >= 0.6 is 12.6 Å². The van der Waals surface area contributed by atoms with Crippen molar-refractivity contribution in [2.45, 2.75) is 30.7 Å². The molecule has 0 bridgehead atoms. The summed E-state index contributed by atoms with van der Waals surface area (Å²) in [6.45, 7) is 1.94. The maximum absolute atomic E-state index is 13.0. The van der Waals surface area contributed by atoms with Gasteiger partial charge in [0.15, 0.2) is 0 Å². The highest BCUT2D eigenvalue weighted by Gasteiger charge is 2.12. The first-order valence-electron chi connectivity index (χ1n) is 5.31. The first kappa shape index (κ1) is 13.6. The lowest BCUT2D eigenvalue weighted by atomic mass is 10.1. The van der Waals surface area contributed by atoms with E-state index in [-0.39, 0.29) is 16.8 Å². The summed E-state index contributed by atoms with van der Waals surface area (Å²) in [4.78, 5) is 12.0. The maximum atomic E-state index is 13.0. The molecule has 0 aliphatic rings.